The lowest BCUT2D eigenvalue weighted by Crippen LogP contribution is -2.50. The summed E-state index contributed by atoms with van der Waals surface area (Å²) < 4.78 is 21.1. The number of ether oxygens (including phenoxy) is 4. The first-order chi connectivity index (χ1) is 15.4. The smallest absolute Gasteiger partial charge is 0.339 e. The molecule has 1 aromatic heterocycles. The van der Waals surface area contributed by atoms with E-state index in [1.54, 1.807) is 27.2 Å². The summed E-state index contributed by atoms with van der Waals surface area (Å²) in [6, 6.07) is 7.36. The van der Waals surface area contributed by atoms with Crippen LogP contribution in [0.1, 0.15) is 27.7 Å². The summed E-state index contributed by atoms with van der Waals surface area (Å²) in [7, 11) is 6.09. The summed E-state index contributed by atoms with van der Waals surface area (Å²) in [5.41, 5.74) is 2.34. The van der Waals surface area contributed by atoms with Gasteiger partial charge in [-0.05, 0) is 42.9 Å². The Balaban J connectivity index is 1.92. The number of benzene rings is 1. The number of carbonyl (C=O) groups excluding carboxylic acids is 1. The number of carbonyl (C=O) groups is 1. The molecule has 32 heavy (non-hydrogen) atoms. The maximum atomic E-state index is 12.1. The summed E-state index contributed by atoms with van der Waals surface area (Å²) in [5, 5.41) is 7.10. The van der Waals surface area contributed by atoms with Crippen molar-refractivity contribution in [3.8, 4) is 17.4 Å². The Morgan fingerprint density at radius 3 is 2.41 bits per heavy atom. The Labute approximate surface area is 193 Å². The molecule has 0 saturated carbocycles. The summed E-state index contributed by atoms with van der Waals surface area (Å²) in [6.45, 7) is 3.87. The number of nitrogens with one attached hydrogen (secondary N) is 2. The molecule has 0 bridgehead atoms. The van der Waals surface area contributed by atoms with Gasteiger partial charge >= 0.3 is 5.97 Å². The van der Waals surface area contributed by atoms with Crippen molar-refractivity contribution in [2.24, 2.45) is 0 Å². The van der Waals surface area contributed by atoms with E-state index >= 15 is 0 Å². The van der Waals surface area contributed by atoms with Gasteiger partial charge in [0.05, 0.1) is 45.7 Å². The zero-order chi connectivity index (χ0) is 23.3. The number of anilines is 1. The van der Waals surface area contributed by atoms with Crippen molar-refractivity contribution in [2.75, 3.05) is 53.4 Å². The third-order valence-corrected chi connectivity index (χ3v) is 5.62. The van der Waals surface area contributed by atoms with E-state index in [0.717, 1.165) is 12.1 Å². The average Bonchev–Trinajstić information content (AvgIpc) is 2.83. The SMILES string of the molecule is COC(=O)c1cc(NC(=S)N2CCNCC2c2cc(OC)cc(OC)c2)c(OC)nc1C. The minimum Gasteiger partial charge on any atom is -0.497 e. The molecule has 0 radical (unpaired) electrons. The van der Waals surface area contributed by atoms with E-state index in [0.29, 0.717) is 52.5 Å². The van der Waals surface area contributed by atoms with Crippen LogP contribution in [-0.4, -0.2) is 69.0 Å². The molecule has 1 aromatic carbocycles. The molecule has 2 aromatic rings. The first-order valence-corrected chi connectivity index (χ1v) is 10.5. The molecule has 1 fully saturated rings. The Kier molecular flexibility index (Phi) is 7.70. The van der Waals surface area contributed by atoms with Crippen LogP contribution in [0.5, 0.6) is 17.4 Å². The van der Waals surface area contributed by atoms with Crippen LogP contribution >= 0.6 is 12.2 Å². The van der Waals surface area contributed by atoms with Crippen molar-refractivity contribution in [2.45, 2.75) is 13.0 Å². The monoisotopic (exact) mass is 460 g/mol. The molecule has 10 heteroatoms. The number of pyridine rings is 1. The third-order valence-electron chi connectivity index (χ3n) is 5.28. The van der Waals surface area contributed by atoms with Gasteiger partial charge in [-0.1, -0.05) is 0 Å². The Morgan fingerprint density at radius 1 is 1.12 bits per heavy atom. The predicted molar refractivity (Wildman–Crippen MR) is 125 cm³/mol. The highest BCUT2D eigenvalue weighted by molar-refractivity contribution is 7.80. The van der Waals surface area contributed by atoms with Gasteiger partial charge in [-0.15, -0.1) is 0 Å². The number of nitrogens with zero attached hydrogens (tertiary/aromatic N) is 2. The van der Waals surface area contributed by atoms with Gasteiger partial charge in [0, 0.05) is 25.7 Å². The molecule has 1 atom stereocenters. The molecular weight excluding hydrogens is 432 g/mol. The number of piperazine rings is 1. The minimum atomic E-state index is -0.477. The van der Waals surface area contributed by atoms with Crippen molar-refractivity contribution in [1.29, 1.82) is 0 Å². The van der Waals surface area contributed by atoms with Crippen molar-refractivity contribution < 1.29 is 23.7 Å². The van der Waals surface area contributed by atoms with Crippen LogP contribution in [0.15, 0.2) is 24.3 Å². The fourth-order valence-corrected chi connectivity index (χ4v) is 3.93. The number of thiocarbonyl (C=S) groups is 1. The normalized spacial score (nSPS) is 15.7. The van der Waals surface area contributed by atoms with Gasteiger partial charge in [0.2, 0.25) is 5.88 Å². The van der Waals surface area contributed by atoms with Gasteiger partial charge in [0.1, 0.15) is 17.2 Å². The van der Waals surface area contributed by atoms with E-state index < -0.39 is 5.97 Å². The van der Waals surface area contributed by atoms with Gasteiger partial charge < -0.3 is 34.5 Å². The van der Waals surface area contributed by atoms with Crippen LogP contribution in [0.25, 0.3) is 0 Å². The van der Waals surface area contributed by atoms with E-state index in [1.165, 1.54) is 14.2 Å². The molecule has 0 spiro atoms. The molecule has 2 heterocycles. The maximum absolute atomic E-state index is 12.1. The van der Waals surface area contributed by atoms with Crippen LogP contribution in [-0.2, 0) is 4.74 Å². The zero-order valence-electron chi connectivity index (χ0n) is 18.9. The lowest BCUT2D eigenvalue weighted by atomic mass is 10.0. The second-order valence-corrected chi connectivity index (χ2v) is 7.55. The molecule has 1 saturated heterocycles. The van der Waals surface area contributed by atoms with E-state index in [2.05, 4.69) is 20.5 Å². The number of aryl methyl sites for hydroxylation is 1. The van der Waals surface area contributed by atoms with E-state index in [1.807, 2.05) is 18.2 Å². The fourth-order valence-electron chi connectivity index (χ4n) is 3.60. The van der Waals surface area contributed by atoms with E-state index in [4.69, 9.17) is 31.2 Å². The van der Waals surface area contributed by atoms with Gasteiger partial charge in [-0.2, -0.15) is 0 Å². The number of rotatable bonds is 6. The summed E-state index contributed by atoms with van der Waals surface area (Å²) >= 11 is 5.76. The van der Waals surface area contributed by atoms with Gasteiger partial charge in [0.15, 0.2) is 5.11 Å². The molecule has 0 aliphatic carbocycles. The van der Waals surface area contributed by atoms with Crippen LogP contribution in [0, 0.1) is 6.92 Å². The molecule has 3 rings (SSSR count). The predicted octanol–water partition coefficient (Wildman–Crippen LogP) is 2.55. The highest BCUT2D eigenvalue weighted by Crippen LogP contribution is 2.32. The highest BCUT2D eigenvalue weighted by atomic mass is 32.1. The van der Waals surface area contributed by atoms with Crippen LogP contribution in [0.2, 0.25) is 0 Å². The highest BCUT2D eigenvalue weighted by Gasteiger charge is 2.28. The number of aromatic nitrogens is 1. The number of methoxy groups -OCH3 is 4. The first-order valence-electron chi connectivity index (χ1n) is 10.1. The largest absolute Gasteiger partial charge is 0.497 e. The van der Waals surface area contributed by atoms with Gasteiger partial charge in [0.25, 0.3) is 0 Å². The van der Waals surface area contributed by atoms with Gasteiger partial charge in [-0.3, -0.25) is 0 Å². The van der Waals surface area contributed by atoms with Crippen LogP contribution in [0.4, 0.5) is 5.69 Å². The second-order valence-electron chi connectivity index (χ2n) is 7.16. The maximum Gasteiger partial charge on any atom is 0.339 e. The van der Waals surface area contributed by atoms with E-state index in [9.17, 15) is 4.79 Å². The molecule has 9 nitrogen and oxygen atoms in total. The molecule has 2 N–H and O–H groups in total. The summed E-state index contributed by atoms with van der Waals surface area (Å²) in [6.07, 6.45) is 0. The van der Waals surface area contributed by atoms with Crippen LogP contribution in [0.3, 0.4) is 0 Å². The minimum absolute atomic E-state index is 0.0581. The molecule has 1 aliphatic rings. The van der Waals surface area contributed by atoms with Crippen molar-refractivity contribution in [3.63, 3.8) is 0 Å². The number of esters is 1. The quantitative estimate of drug-likeness (QED) is 0.495. The zero-order valence-corrected chi connectivity index (χ0v) is 19.7. The van der Waals surface area contributed by atoms with Crippen molar-refractivity contribution in [3.05, 3.63) is 41.1 Å². The summed E-state index contributed by atoms with van der Waals surface area (Å²) in [5.74, 6) is 1.27. The average molecular weight is 461 g/mol. The summed E-state index contributed by atoms with van der Waals surface area (Å²) in [4.78, 5) is 18.6. The molecule has 0 amide bonds. The molecular formula is C22H28N4O5S. The Hall–Kier alpha value is -3.11. The molecule has 1 unspecified atom stereocenters. The standard InChI is InChI=1S/C22H28N4O5S/c1-13-17(21(27)31-5)11-18(20(24-13)30-4)25-22(32)26-7-6-23-12-19(26)14-8-15(28-2)10-16(9-14)29-3/h8-11,19,23H,6-7,12H2,1-5H3,(H,25,32). The first kappa shape index (κ1) is 23.6. The Morgan fingerprint density at radius 2 is 1.81 bits per heavy atom. The van der Waals surface area contributed by atoms with Crippen LogP contribution < -0.4 is 24.8 Å². The van der Waals surface area contributed by atoms with E-state index in [-0.39, 0.29) is 6.04 Å². The molecule has 1 aliphatic heterocycles. The van der Waals surface area contributed by atoms with Gasteiger partial charge in [-0.25, -0.2) is 9.78 Å². The third kappa shape index (κ3) is 5.03. The number of hydrogen-bond acceptors (Lipinski definition) is 8. The lowest BCUT2D eigenvalue weighted by Gasteiger charge is -2.38. The fraction of sp³-hybridized carbons (Fsp3) is 0.409. The number of hydrogen-bond donors (Lipinski definition) is 2. The molecule has 172 valence electrons. The lowest BCUT2D eigenvalue weighted by molar-refractivity contribution is 0.0599. The topological polar surface area (TPSA) is 94.2 Å². The Bertz CT molecular complexity index is 978. The second kappa shape index (κ2) is 10.5. The van der Waals surface area contributed by atoms with Crippen molar-refractivity contribution in [1.82, 2.24) is 15.2 Å². The van der Waals surface area contributed by atoms with Crippen molar-refractivity contribution >= 4 is 29.0 Å².